The quantitative estimate of drug-likeness (QED) is 0.570. The fourth-order valence-electron chi connectivity index (χ4n) is 2.61. The van der Waals surface area contributed by atoms with E-state index in [0.29, 0.717) is 0 Å². The number of nitrogens with one attached hydrogen (secondary N) is 2. The Morgan fingerprint density at radius 2 is 1.64 bits per heavy atom. The molecule has 0 saturated carbocycles. The van der Waals surface area contributed by atoms with E-state index in [1.165, 1.54) is 0 Å². The van der Waals surface area contributed by atoms with Crippen molar-refractivity contribution in [1.29, 1.82) is 0 Å². The van der Waals surface area contributed by atoms with Crippen LogP contribution in [0, 0.1) is 6.07 Å². The molecule has 3 nitrogen and oxygen atoms in total. The van der Waals surface area contributed by atoms with Crippen molar-refractivity contribution in [2.24, 2.45) is 0 Å². The lowest BCUT2D eigenvalue weighted by Gasteiger charge is -2.10. The molecule has 3 heterocycles. The van der Waals surface area contributed by atoms with E-state index in [4.69, 9.17) is 0 Å². The van der Waals surface area contributed by atoms with Crippen LogP contribution in [0.25, 0.3) is 33.6 Å². The first kappa shape index (κ1) is 12.7. The fraction of sp³-hybridized carbons (Fsp3) is 0. The summed E-state index contributed by atoms with van der Waals surface area (Å²) in [6.45, 7) is 0. The Labute approximate surface area is 128 Å². The van der Waals surface area contributed by atoms with Gasteiger partial charge in [-0.15, -0.1) is 0 Å². The zero-order valence-corrected chi connectivity index (χ0v) is 11.9. The van der Waals surface area contributed by atoms with E-state index < -0.39 is 0 Å². The minimum atomic E-state index is 1.04. The Balaban J connectivity index is 1.92. The number of pyridine rings is 1. The fourth-order valence-corrected chi connectivity index (χ4v) is 2.61. The lowest BCUT2D eigenvalue weighted by atomic mass is 9.96. The molecule has 0 aliphatic carbocycles. The van der Waals surface area contributed by atoms with E-state index in [-0.39, 0.29) is 0 Å². The highest BCUT2D eigenvalue weighted by atomic mass is 14.7. The van der Waals surface area contributed by atoms with Gasteiger partial charge in [0.05, 0.1) is 0 Å². The summed E-state index contributed by atoms with van der Waals surface area (Å²) in [5.74, 6) is 0. The number of hydrogen-bond donors (Lipinski definition) is 2. The molecule has 0 saturated heterocycles. The second kappa shape index (κ2) is 5.37. The van der Waals surface area contributed by atoms with Crippen LogP contribution in [0.15, 0.2) is 73.3 Å². The molecule has 0 atom stereocenters. The lowest BCUT2D eigenvalue weighted by molar-refractivity contribution is 1.32. The highest BCUT2D eigenvalue weighted by molar-refractivity contribution is 5.84. The summed E-state index contributed by atoms with van der Waals surface area (Å²) in [6.07, 6.45) is 7.52. The molecule has 0 aliphatic rings. The normalized spacial score (nSPS) is 10.7. The molecule has 4 aromatic rings. The number of H-pyrrole nitrogens is 2. The second-order valence-corrected chi connectivity index (χ2v) is 5.07. The van der Waals surface area contributed by atoms with Crippen LogP contribution in [0.3, 0.4) is 0 Å². The van der Waals surface area contributed by atoms with Crippen molar-refractivity contribution in [3.63, 3.8) is 0 Å². The molecule has 22 heavy (non-hydrogen) atoms. The van der Waals surface area contributed by atoms with Crippen LogP contribution in [0.4, 0.5) is 0 Å². The highest BCUT2D eigenvalue weighted by Gasteiger charge is 2.11. The van der Waals surface area contributed by atoms with Crippen LogP contribution >= 0.6 is 0 Å². The molecule has 1 radical (unpaired) electrons. The first-order chi connectivity index (χ1) is 10.9. The maximum atomic E-state index is 4.23. The van der Waals surface area contributed by atoms with Crippen LogP contribution in [-0.2, 0) is 0 Å². The van der Waals surface area contributed by atoms with Crippen LogP contribution < -0.4 is 0 Å². The smallest absolute Gasteiger partial charge is 0.0466 e. The van der Waals surface area contributed by atoms with Gasteiger partial charge in [-0.05, 0) is 35.9 Å². The number of aromatic amines is 2. The van der Waals surface area contributed by atoms with Crippen molar-refractivity contribution >= 4 is 0 Å². The zero-order chi connectivity index (χ0) is 14.8. The summed E-state index contributed by atoms with van der Waals surface area (Å²) < 4.78 is 0. The predicted molar refractivity (Wildman–Crippen MR) is 88.1 cm³/mol. The van der Waals surface area contributed by atoms with Gasteiger partial charge in [0.1, 0.15) is 0 Å². The van der Waals surface area contributed by atoms with E-state index in [1.54, 1.807) is 6.20 Å². The number of nitrogens with zero attached hydrogens (tertiary/aromatic N) is 1. The third-order valence-corrected chi connectivity index (χ3v) is 3.67. The molecule has 0 amide bonds. The molecule has 1 aromatic carbocycles. The van der Waals surface area contributed by atoms with Crippen molar-refractivity contribution in [1.82, 2.24) is 15.0 Å². The van der Waals surface area contributed by atoms with Crippen LogP contribution in [0.1, 0.15) is 0 Å². The average Bonchev–Trinajstić information content (AvgIpc) is 3.29. The first-order valence-electron chi connectivity index (χ1n) is 7.16. The van der Waals surface area contributed by atoms with Crippen molar-refractivity contribution < 1.29 is 0 Å². The SMILES string of the molecule is [c]1c(-c2ccc[nH]2)ccc(-c2cccnc2)c1-c1ccc[nH]1. The molecule has 0 unspecified atom stereocenters. The molecular formula is C19H14N3. The van der Waals surface area contributed by atoms with Gasteiger partial charge in [0, 0.05) is 58.9 Å². The molecule has 0 spiro atoms. The Hall–Kier alpha value is -3.07. The summed E-state index contributed by atoms with van der Waals surface area (Å²) in [5.41, 5.74) is 6.40. The highest BCUT2D eigenvalue weighted by Crippen LogP contribution is 2.33. The predicted octanol–water partition coefficient (Wildman–Crippen LogP) is 4.54. The molecule has 3 heteroatoms. The average molecular weight is 284 g/mol. The largest absolute Gasteiger partial charge is 0.361 e. The monoisotopic (exact) mass is 284 g/mol. The number of hydrogen-bond acceptors (Lipinski definition) is 1. The summed E-state index contributed by atoms with van der Waals surface area (Å²) in [5, 5.41) is 0. The standard InChI is InChI=1S/C19H14N3/c1-4-15(13-20-9-1)16-8-7-14(18-5-2-10-21-18)12-17(16)19-6-3-11-22-19/h1-11,13,21-22H. The van der Waals surface area contributed by atoms with Crippen molar-refractivity contribution in [2.75, 3.05) is 0 Å². The second-order valence-electron chi connectivity index (χ2n) is 5.07. The van der Waals surface area contributed by atoms with Gasteiger partial charge in [0.2, 0.25) is 0 Å². The van der Waals surface area contributed by atoms with Gasteiger partial charge in [-0.25, -0.2) is 0 Å². The molecule has 105 valence electrons. The van der Waals surface area contributed by atoms with E-state index >= 15 is 0 Å². The summed E-state index contributed by atoms with van der Waals surface area (Å²) in [7, 11) is 0. The molecule has 0 fully saturated rings. The zero-order valence-electron chi connectivity index (χ0n) is 11.9. The third kappa shape index (κ3) is 2.23. The molecule has 0 aliphatic heterocycles. The van der Waals surface area contributed by atoms with Gasteiger partial charge in [-0.2, -0.15) is 0 Å². The van der Waals surface area contributed by atoms with E-state index in [9.17, 15) is 0 Å². The van der Waals surface area contributed by atoms with Gasteiger partial charge in [-0.1, -0.05) is 18.2 Å². The number of rotatable bonds is 3. The van der Waals surface area contributed by atoms with Gasteiger partial charge in [-0.3, -0.25) is 4.98 Å². The van der Waals surface area contributed by atoms with Crippen LogP contribution in [0.2, 0.25) is 0 Å². The molecule has 4 rings (SSSR count). The van der Waals surface area contributed by atoms with Crippen molar-refractivity contribution in [3.05, 3.63) is 79.4 Å². The maximum Gasteiger partial charge on any atom is 0.0466 e. The van der Waals surface area contributed by atoms with Crippen molar-refractivity contribution in [3.8, 4) is 33.6 Å². The lowest BCUT2D eigenvalue weighted by Crippen LogP contribution is -1.89. The minimum absolute atomic E-state index is 1.04. The molecular weight excluding hydrogens is 270 g/mol. The maximum absolute atomic E-state index is 4.23. The summed E-state index contributed by atoms with van der Waals surface area (Å²) in [4.78, 5) is 10.7. The summed E-state index contributed by atoms with van der Waals surface area (Å²) in [6, 6.07) is 19.9. The van der Waals surface area contributed by atoms with Gasteiger partial charge in [0.25, 0.3) is 0 Å². The van der Waals surface area contributed by atoms with E-state index in [2.05, 4.69) is 45.3 Å². The van der Waals surface area contributed by atoms with Crippen molar-refractivity contribution in [2.45, 2.75) is 0 Å². The number of benzene rings is 1. The minimum Gasteiger partial charge on any atom is -0.361 e. The van der Waals surface area contributed by atoms with E-state index in [0.717, 1.165) is 33.6 Å². The molecule has 2 N–H and O–H groups in total. The van der Waals surface area contributed by atoms with Gasteiger partial charge < -0.3 is 9.97 Å². The number of aromatic nitrogens is 3. The third-order valence-electron chi connectivity index (χ3n) is 3.67. The Morgan fingerprint density at radius 1 is 0.818 bits per heavy atom. The topological polar surface area (TPSA) is 44.5 Å². The Kier molecular flexibility index (Phi) is 3.09. The first-order valence-corrected chi connectivity index (χ1v) is 7.16. The Morgan fingerprint density at radius 3 is 2.32 bits per heavy atom. The van der Waals surface area contributed by atoms with Crippen LogP contribution in [0.5, 0.6) is 0 Å². The van der Waals surface area contributed by atoms with E-state index in [1.807, 2.05) is 42.9 Å². The Bertz CT molecular complexity index is 860. The molecule has 0 bridgehead atoms. The van der Waals surface area contributed by atoms with Crippen LogP contribution in [-0.4, -0.2) is 15.0 Å². The molecule has 3 aromatic heterocycles. The van der Waals surface area contributed by atoms with Gasteiger partial charge >= 0.3 is 0 Å². The van der Waals surface area contributed by atoms with Gasteiger partial charge in [0.15, 0.2) is 0 Å². The summed E-state index contributed by atoms with van der Waals surface area (Å²) >= 11 is 0.